The van der Waals surface area contributed by atoms with Crippen LogP contribution in [-0.2, 0) is 25.6 Å². The van der Waals surface area contributed by atoms with E-state index < -0.39 is 36.4 Å². The highest BCUT2D eigenvalue weighted by molar-refractivity contribution is 7.13. The number of likely N-dealkylation sites (N-methyl/N-ethyl adjacent to an activating group) is 1. The number of carboxylic acid groups (broad SMARTS) is 3. The van der Waals surface area contributed by atoms with Gasteiger partial charge in [0, 0.05) is 31.1 Å². The zero-order chi connectivity index (χ0) is 28.3. The number of thiazole rings is 1. The minimum Gasteiger partial charge on any atom is -0.481 e. The first kappa shape index (κ1) is 30.8. The number of piperidine rings is 1. The van der Waals surface area contributed by atoms with Crippen molar-refractivity contribution >= 4 is 35.2 Å². The van der Waals surface area contributed by atoms with Crippen LogP contribution < -0.4 is 0 Å². The second-order valence-electron chi connectivity index (χ2n) is 9.00. The first-order valence-corrected chi connectivity index (χ1v) is 12.8. The van der Waals surface area contributed by atoms with Gasteiger partial charge in [0.05, 0.1) is 25.0 Å². The topological polar surface area (TPSA) is 169 Å². The Morgan fingerprint density at radius 1 is 1.05 bits per heavy atom. The van der Waals surface area contributed by atoms with Crippen molar-refractivity contribution in [3.05, 3.63) is 41.2 Å². The molecule has 1 fully saturated rings. The average Bonchev–Trinajstić information content (AvgIpc) is 3.31. The summed E-state index contributed by atoms with van der Waals surface area (Å²) in [5.41, 5.74) is -1.54. The number of carbonyl (C=O) groups excluding carboxylic acids is 1. The molecule has 0 atom stereocenters. The van der Waals surface area contributed by atoms with E-state index in [4.69, 9.17) is 20.4 Å². The molecule has 1 aliphatic rings. The number of aliphatic hydroxyl groups is 1. The van der Waals surface area contributed by atoms with Crippen molar-refractivity contribution in [1.82, 2.24) is 14.8 Å². The molecule has 3 rings (SSSR count). The van der Waals surface area contributed by atoms with Crippen LogP contribution in [0.1, 0.15) is 37.8 Å². The Balaban J connectivity index is 0.000000332. The molecule has 2 aromatic rings. The van der Waals surface area contributed by atoms with Crippen molar-refractivity contribution in [2.75, 3.05) is 33.2 Å². The Morgan fingerprint density at radius 2 is 1.66 bits per heavy atom. The van der Waals surface area contributed by atoms with Crippen molar-refractivity contribution < 1.29 is 44.0 Å². The van der Waals surface area contributed by atoms with Crippen LogP contribution >= 0.6 is 11.3 Å². The van der Waals surface area contributed by atoms with E-state index in [2.05, 4.69) is 9.88 Å². The van der Waals surface area contributed by atoms with E-state index >= 15 is 0 Å². The summed E-state index contributed by atoms with van der Waals surface area (Å²) < 4.78 is 13.8. The van der Waals surface area contributed by atoms with Crippen molar-refractivity contribution in [2.24, 2.45) is 0 Å². The van der Waals surface area contributed by atoms with Gasteiger partial charge < -0.3 is 30.2 Å². The summed E-state index contributed by atoms with van der Waals surface area (Å²) in [6.45, 7) is 3.95. The molecular weight excluding hydrogens is 521 g/mol. The van der Waals surface area contributed by atoms with Gasteiger partial charge in [0.2, 0.25) is 5.91 Å². The molecule has 1 aromatic heterocycles. The number of rotatable bonds is 11. The molecule has 0 unspecified atom stereocenters. The average molecular weight is 554 g/mol. The van der Waals surface area contributed by atoms with Gasteiger partial charge in [-0.2, -0.15) is 0 Å². The Labute approximate surface area is 223 Å². The predicted molar refractivity (Wildman–Crippen MR) is 136 cm³/mol. The summed E-state index contributed by atoms with van der Waals surface area (Å²) in [6.07, 6.45) is 1.81. The van der Waals surface area contributed by atoms with Gasteiger partial charge in [-0.05, 0) is 38.1 Å². The van der Waals surface area contributed by atoms with Crippen LogP contribution in [0.2, 0.25) is 0 Å². The van der Waals surface area contributed by atoms with Gasteiger partial charge in [-0.3, -0.25) is 14.4 Å². The first-order chi connectivity index (χ1) is 17.9. The number of nitrogens with zero attached hydrogens (tertiary/aromatic N) is 3. The Hall–Kier alpha value is -3.42. The minimum absolute atomic E-state index is 0.0578. The van der Waals surface area contributed by atoms with Crippen molar-refractivity contribution in [2.45, 2.75) is 44.1 Å². The number of aliphatic carboxylic acids is 3. The summed E-state index contributed by atoms with van der Waals surface area (Å²) in [7, 11) is 1.84. The van der Waals surface area contributed by atoms with Crippen LogP contribution in [0, 0.1) is 5.82 Å². The zero-order valence-corrected chi connectivity index (χ0v) is 21.8. The van der Waals surface area contributed by atoms with E-state index in [0.717, 1.165) is 26.2 Å². The Kier molecular flexibility index (Phi) is 11.8. The standard InChI is InChI=1S/C19H24FN3OS.C6H8O7/c1-22(11-12-23-9-5-2-6-10-23)18(24)13-15-14-25-19(21-15)16-7-3-4-8-17(16)20;7-3(8)1-6(13,5(11)12)2-4(9)10/h3-4,7-8,14H,2,5-6,9-13H2,1H3;13H,1-2H2,(H,7,8)(H,9,10)(H,11,12). The van der Waals surface area contributed by atoms with Crippen molar-refractivity contribution in [1.29, 1.82) is 0 Å². The van der Waals surface area contributed by atoms with E-state index in [1.165, 1.54) is 36.7 Å². The summed E-state index contributed by atoms with van der Waals surface area (Å²) in [5.74, 6) is -5.25. The van der Waals surface area contributed by atoms with E-state index in [1.54, 1.807) is 23.1 Å². The van der Waals surface area contributed by atoms with Crippen LogP contribution in [-0.4, -0.2) is 97.9 Å². The molecule has 1 amide bonds. The third-order valence-corrected chi connectivity index (χ3v) is 6.82. The quantitative estimate of drug-likeness (QED) is 0.324. The third kappa shape index (κ3) is 9.80. The summed E-state index contributed by atoms with van der Waals surface area (Å²) in [5, 5.41) is 36.3. The fourth-order valence-electron chi connectivity index (χ4n) is 3.75. The lowest BCUT2D eigenvalue weighted by Gasteiger charge is -2.28. The number of benzene rings is 1. The van der Waals surface area contributed by atoms with E-state index in [9.17, 15) is 23.6 Å². The minimum atomic E-state index is -2.74. The number of amides is 1. The van der Waals surface area contributed by atoms with Crippen LogP contribution in [0.15, 0.2) is 29.6 Å². The molecule has 1 aromatic carbocycles. The zero-order valence-electron chi connectivity index (χ0n) is 21.0. The molecule has 2 heterocycles. The van der Waals surface area contributed by atoms with Gasteiger partial charge >= 0.3 is 17.9 Å². The molecule has 0 spiro atoms. The highest BCUT2D eigenvalue weighted by Gasteiger charge is 2.40. The molecule has 1 saturated heterocycles. The molecule has 0 aliphatic carbocycles. The number of aromatic nitrogens is 1. The lowest BCUT2D eigenvalue weighted by atomic mass is 9.96. The number of hydrogen-bond donors (Lipinski definition) is 4. The van der Waals surface area contributed by atoms with Crippen LogP contribution in [0.5, 0.6) is 0 Å². The lowest BCUT2D eigenvalue weighted by Crippen LogP contribution is -2.42. The van der Waals surface area contributed by atoms with Gasteiger partial charge in [0.15, 0.2) is 5.60 Å². The maximum absolute atomic E-state index is 13.8. The highest BCUT2D eigenvalue weighted by Crippen LogP contribution is 2.26. The van der Waals surface area contributed by atoms with Gasteiger partial charge in [-0.1, -0.05) is 18.6 Å². The number of carbonyl (C=O) groups is 4. The van der Waals surface area contributed by atoms with Crippen molar-refractivity contribution in [3.8, 4) is 10.6 Å². The maximum Gasteiger partial charge on any atom is 0.336 e. The molecule has 13 heteroatoms. The third-order valence-electron chi connectivity index (χ3n) is 5.90. The number of halogens is 1. The highest BCUT2D eigenvalue weighted by atomic mass is 32.1. The van der Waals surface area contributed by atoms with Crippen LogP contribution in [0.25, 0.3) is 10.6 Å². The van der Waals surface area contributed by atoms with Gasteiger partial charge in [0.1, 0.15) is 10.8 Å². The summed E-state index contributed by atoms with van der Waals surface area (Å²) in [4.78, 5) is 51.5. The molecule has 0 radical (unpaired) electrons. The van der Waals surface area contributed by atoms with Gasteiger partial charge in [-0.25, -0.2) is 14.2 Å². The maximum atomic E-state index is 13.8. The van der Waals surface area contributed by atoms with E-state index in [1.807, 2.05) is 12.4 Å². The van der Waals surface area contributed by atoms with Crippen LogP contribution in [0.4, 0.5) is 4.39 Å². The molecule has 208 valence electrons. The number of carboxylic acids is 3. The molecule has 0 bridgehead atoms. The van der Waals surface area contributed by atoms with E-state index in [0.29, 0.717) is 16.3 Å². The largest absolute Gasteiger partial charge is 0.481 e. The lowest BCUT2D eigenvalue weighted by molar-refractivity contribution is -0.170. The molecule has 0 saturated carbocycles. The SMILES string of the molecule is CN(CCN1CCCCC1)C(=O)Cc1csc(-c2ccccc2F)n1.O=C(O)CC(O)(CC(=O)O)C(=O)O. The number of likely N-dealkylation sites (tertiary alicyclic amines) is 1. The second kappa shape index (κ2) is 14.5. The molecular formula is C25H32FN3O8S. The fourth-order valence-corrected chi connectivity index (χ4v) is 4.60. The molecule has 11 nitrogen and oxygen atoms in total. The number of hydrogen-bond acceptors (Lipinski definition) is 8. The first-order valence-electron chi connectivity index (χ1n) is 12.0. The predicted octanol–water partition coefficient (Wildman–Crippen LogP) is 2.19. The van der Waals surface area contributed by atoms with E-state index in [-0.39, 0.29) is 18.1 Å². The summed E-state index contributed by atoms with van der Waals surface area (Å²) in [6, 6.07) is 6.59. The smallest absolute Gasteiger partial charge is 0.336 e. The monoisotopic (exact) mass is 553 g/mol. The van der Waals surface area contributed by atoms with Crippen LogP contribution in [0.3, 0.4) is 0 Å². The normalized spacial score (nSPS) is 13.8. The Bertz CT molecular complexity index is 1100. The van der Waals surface area contributed by atoms with Gasteiger partial charge in [0.25, 0.3) is 0 Å². The Morgan fingerprint density at radius 3 is 2.21 bits per heavy atom. The summed E-state index contributed by atoms with van der Waals surface area (Å²) >= 11 is 1.38. The second-order valence-corrected chi connectivity index (χ2v) is 9.85. The van der Waals surface area contributed by atoms with Crippen molar-refractivity contribution in [3.63, 3.8) is 0 Å². The molecule has 38 heavy (non-hydrogen) atoms. The molecule has 4 N–H and O–H groups in total. The fraction of sp³-hybridized carbons (Fsp3) is 0.480. The molecule has 1 aliphatic heterocycles. The van der Waals surface area contributed by atoms with Gasteiger partial charge in [-0.15, -0.1) is 11.3 Å².